The minimum atomic E-state index is -0.306. The lowest BCUT2D eigenvalue weighted by atomic mass is 9.86. The number of aryl methyl sites for hydroxylation is 1. The summed E-state index contributed by atoms with van der Waals surface area (Å²) in [6.07, 6.45) is 5.10. The second-order valence-corrected chi connectivity index (χ2v) is 9.38. The Labute approximate surface area is 221 Å². The number of nitrogens with one attached hydrogen (secondary N) is 2. The Morgan fingerprint density at radius 1 is 1.18 bits per heavy atom. The van der Waals surface area contributed by atoms with E-state index in [0.29, 0.717) is 34.7 Å². The third-order valence-corrected chi connectivity index (χ3v) is 6.73. The second-order valence-electron chi connectivity index (χ2n) is 9.38. The topological polar surface area (TPSA) is 106 Å². The first kappa shape index (κ1) is 25.2. The highest BCUT2D eigenvalue weighted by atomic mass is 16.5. The maximum absolute atomic E-state index is 11.7. The number of piperidine rings is 1. The van der Waals surface area contributed by atoms with Gasteiger partial charge in [0.25, 0.3) is 11.8 Å². The fraction of sp³-hybridized carbons (Fsp3) is 0.286. The molecule has 1 aliphatic heterocycles. The number of hydrogen-bond acceptors (Lipinski definition) is 8. The number of benzene rings is 2. The number of ether oxygens (including phenoxy) is 2. The highest BCUT2D eigenvalue weighted by molar-refractivity contribution is 5.98. The number of carbonyl (C=O) groups is 1. The molecule has 1 fully saturated rings. The van der Waals surface area contributed by atoms with Gasteiger partial charge < -0.3 is 25.0 Å². The molecular weight excluding hydrogens is 482 g/mol. The Bertz CT molecular complexity index is 1470. The van der Waals surface area contributed by atoms with Gasteiger partial charge in [0.15, 0.2) is 0 Å². The molecule has 10 nitrogen and oxygen atoms in total. The van der Waals surface area contributed by atoms with Crippen LogP contribution in [-0.4, -0.2) is 57.9 Å². The molecule has 5 rings (SSSR count). The van der Waals surface area contributed by atoms with Crippen molar-refractivity contribution in [1.29, 1.82) is 0 Å². The molecule has 0 aliphatic carbocycles. The monoisotopic (exact) mass is 513 g/mol. The number of nitrogens with zero attached hydrogens (tertiary/aromatic N) is 5. The van der Waals surface area contributed by atoms with Crippen molar-refractivity contribution in [3.05, 3.63) is 72.4 Å². The lowest BCUT2D eigenvalue weighted by Gasteiger charge is -2.30. The van der Waals surface area contributed by atoms with Crippen LogP contribution < -0.4 is 20.1 Å². The zero-order valence-electron chi connectivity index (χ0n) is 21.8. The van der Waals surface area contributed by atoms with Crippen LogP contribution in [0.2, 0.25) is 0 Å². The van der Waals surface area contributed by atoms with Crippen LogP contribution >= 0.6 is 0 Å². The second kappa shape index (κ2) is 10.9. The number of hydrogen-bond donors (Lipinski definition) is 2. The largest absolute Gasteiger partial charge is 0.495 e. The van der Waals surface area contributed by atoms with E-state index in [2.05, 4.69) is 63.4 Å². The molecular formula is C28H31N7O3. The molecule has 1 saturated heterocycles. The van der Waals surface area contributed by atoms with Gasteiger partial charge in [-0.25, -0.2) is 0 Å². The average Bonchev–Trinajstić information content (AvgIpc) is 3.39. The third kappa shape index (κ3) is 5.45. The van der Waals surface area contributed by atoms with Crippen molar-refractivity contribution >= 4 is 28.7 Å². The number of amides is 1. The number of anilines is 3. The fourth-order valence-electron chi connectivity index (χ4n) is 4.72. The van der Waals surface area contributed by atoms with E-state index < -0.39 is 0 Å². The van der Waals surface area contributed by atoms with Gasteiger partial charge in [-0.3, -0.25) is 4.79 Å². The van der Waals surface area contributed by atoms with Crippen LogP contribution in [0.4, 0.5) is 17.3 Å². The first-order valence-electron chi connectivity index (χ1n) is 12.5. The molecule has 0 bridgehead atoms. The Morgan fingerprint density at radius 3 is 2.76 bits per heavy atom. The summed E-state index contributed by atoms with van der Waals surface area (Å²) >= 11 is 0. The maximum atomic E-state index is 11.7. The number of fused-ring (bicyclic) bond motifs is 1. The van der Waals surface area contributed by atoms with Crippen LogP contribution in [0.25, 0.3) is 5.52 Å². The minimum absolute atomic E-state index is 0.303. The molecule has 196 valence electrons. The van der Waals surface area contributed by atoms with E-state index in [9.17, 15) is 4.79 Å². The summed E-state index contributed by atoms with van der Waals surface area (Å²) in [7, 11) is 3.83. The summed E-state index contributed by atoms with van der Waals surface area (Å²) in [4.78, 5) is 18.7. The Morgan fingerprint density at radius 2 is 2.00 bits per heavy atom. The van der Waals surface area contributed by atoms with Crippen molar-refractivity contribution in [3.63, 3.8) is 0 Å². The van der Waals surface area contributed by atoms with Crippen molar-refractivity contribution < 1.29 is 14.3 Å². The van der Waals surface area contributed by atoms with E-state index in [0.717, 1.165) is 37.4 Å². The van der Waals surface area contributed by atoms with Crippen LogP contribution in [0.1, 0.15) is 29.9 Å². The van der Waals surface area contributed by atoms with E-state index >= 15 is 0 Å². The summed E-state index contributed by atoms with van der Waals surface area (Å²) < 4.78 is 13.3. The predicted octanol–water partition coefficient (Wildman–Crippen LogP) is 4.91. The SMILES string of the molecule is C=CC(=O)Nc1cccc(Oc2nc(Nc3cc(C)c(C4CCN(C)CC4)cc3OC)nn3nccc23)c1. The zero-order chi connectivity index (χ0) is 26.6. The van der Waals surface area contributed by atoms with Crippen molar-refractivity contribution in [2.75, 3.05) is 37.9 Å². The lowest BCUT2D eigenvalue weighted by Crippen LogP contribution is -2.29. The summed E-state index contributed by atoms with van der Waals surface area (Å²) in [6.45, 7) is 7.80. The van der Waals surface area contributed by atoms with Crippen LogP contribution in [0.5, 0.6) is 17.4 Å². The summed E-state index contributed by atoms with van der Waals surface area (Å²) in [5.74, 6) is 2.04. The van der Waals surface area contributed by atoms with Crippen molar-refractivity contribution in [2.24, 2.45) is 0 Å². The van der Waals surface area contributed by atoms with Crippen LogP contribution in [0.15, 0.2) is 61.3 Å². The lowest BCUT2D eigenvalue weighted by molar-refractivity contribution is -0.111. The quantitative estimate of drug-likeness (QED) is 0.320. The van der Waals surface area contributed by atoms with Crippen LogP contribution in [0.3, 0.4) is 0 Å². The van der Waals surface area contributed by atoms with Crippen LogP contribution in [-0.2, 0) is 4.79 Å². The zero-order valence-corrected chi connectivity index (χ0v) is 21.8. The van der Waals surface area contributed by atoms with Gasteiger partial charge in [0.1, 0.15) is 17.0 Å². The summed E-state index contributed by atoms with van der Waals surface area (Å²) in [5, 5.41) is 14.8. The standard InChI is InChI=1S/C28H31N7O3/c1-5-26(36)30-20-7-6-8-21(16-20)38-27-24-9-12-29-35(24)33-28(32-27)31-23-15-18(2)22(17-25(23)37-4)19-10-13-34(3)14-11-19/h5-9,12,15-17,19H,1,10-11,13-14H2,2-4H3,(H,30,36)(H,31,33). The molecule has 0 unspecified atom stereocenters. The van der Waals surface area contributed by atoms with Crippen molar-refractivity contribution in [3.8, 4) is 17.4 Å². The molecule has 0 atom stereocenters. The van der Waals surface area contributed by atoms with Gasteiger partial charge in [0.05, 0.1) is 19.0 Å². The van der Waals surface area contributed by atoms with Gasteiger partial charge in [-0.1, -0.05) is 12.6 Å². The summed E-state index contributed by atoms with van der Waals surface area (Å²) in [5.41, 5.74) is 4.44. The minimum Gasteiger partial charge on any atom is -0.495 e. The molecule has 1 amide bonds. The Hall–Kier alpha value is -4.44. The van der Waals surface area contributed by atoms with Gasteiger partial charge in [-0.15, -0.1) is 9.73 Å². The molecule has 0 radical (unpaired) electrons. The van der Waals surface area contributed by atoms with Gasteiger partial charge in [0, 0.05) is 11.8 Å². The number of aromatic nitrogens is 4. The highest BCUT2D eigenvalue weighted by Gasteiger charge is 2.22. The van der Waals surface area contributed by atoms with Gasteiger partial charge in [-0.2, -0.15) is 10.1 Å². The normalized spacial score (nSPS) is 14.3. The molecule has 2 aromatic carbocycles. The van der Waals surface area contributed by atoms with Crippen molar-refractivity contribution in [2.45, 2.75) is 25.7 Å². The van der Waals surface area contributed by atoms with E-state index in [1.54, 1.807) is 43.6 Å². The molecule has 4 aromatic rings. The van der Waals surface area contributed by atoms with E-state index in [-0.39, 0.29) is 5.91 Å². The first-order valence-corrected chi connectivity index (χ1v) is 12.5. The molecule has 2 N–H and O–H groups in total. The Kier molecular flexibility index (Phi) is 7.23. The molecule has 0 saturated carbocycles. The van der Waals surface area contributed by atoms with E-state index in [1.165, 1.54) is 21.8 Å². The molecule has 3 heterocycles. The third-order valence-electron chi connectivity index (χ3n) is 6.73. The molecule has 0 spiro atoms. The number of likely N-dealkylation sites (tertiary alicyclic amines) is 1. The molecule has 2 aromatic heterocycles. The smallest absolute Gasteiger partial charge is 0.250 e. The predicted molar refractivity (Wildman–Crippen MR) is 147 cm³/mol. The van der Waals surface area contributed by atoms with E-state index in [4.69, 9.17) is 9.47 Å². The highest BCUT2D eigenvalue weighted by Crippen LogP contribution is 2.37. The number of rotatable bonds is 8. The Balaban J connectivity index is 1.43. The molecule has 38 heavy (non-hydrogen) atoms. The fourth-order valence-corrected chi connectivity index (χ4v) is 4.72. The first-order chi connectivity index (χ1) is 18.4. The number of carbonyl (C=O) groups excluding carboxylic acids is 1. The van der Waals surface area contributed by atoms with Crippen LogP contribution in [0, 0.1) is 6.92 Å². The average molecular weight is 514 g/mol. The number of methoxy groups -OCH3 is 1. The maximum Gasteiger partial charge on any atom is 0.250 e. The summed E-state index contributed by atoms with van der Waals surface area (Å²) in [6, 6.07) is 13.0. The van der Waals surface area contributed by atoms with Gasteiger partial charge in [0.2, 0.25) is 5.91 Å². The van der Waals surface area contributed by atoms with E-state index in [1.807, 2.05) is 0 Å². The molecule has 10 heteroatoms. The van der Waals surface area contributed by atoms with Gasteiger partial charge in [-0.05, 0) is 93.4 Å². The van der Waals surface area contributed by atoms with Crippen molar-refractivity contribution in [1.82, 2.24) is 24.7 Å². The molecule has 1 aliphatic rings. The van der Waals surface area contributed by atoms with Gasteiger partial charge >= 0.3 is 0 Å².